The van der Waals surface area contributed by atoms with E-state index in [9.17, 15) is 4.79 Å². The molecule has 3 N–H and O–H groups in total. The minimum atomic E-state index is -0.263. The third kappa shape index (κ3) is 3.83. The first-order valence-electron chi connectivity index (χ1n) is 4.51. The van der Waals surface area contributed by atoms with E-state index < -0.39 is 0 Å². The average Bonchev–Trinajstić information content (AvgIpc) is 2.21. The maximum atomic E-state index is 11.7. The Morgan fingerprint density at radius 1 is 1.50 bits per heavy atom. The molecule has 1 rings (SSSR count). The van der Waals surface area contributed by atoms with Crippen LogP contribution in [0.25, 0.3) is 0 Å². The molecule has 1 aromatic rings. The number of benzene rings is 1. The molecule has 0 bridgehead atoms. The van der Waals surface area contributed by atoms with Crippen LogP contribution in [0.2, 0.25) is 10.0 Å². The quantitative estimate of drug-likeness (QED) is 0.895. The Balaban J connectivity index is 0.00000225. The van der Waals surface area contributed by atoms with Crippen molar-refractivity contribution in [1.29, 1.82) is 0 Å². The third-order valence-electron chi connectivity index (χ3n) is 1.93. The van der Waals surface area contributed by atoms with E-state index in [2.05, 4.69) is 5.32 Å². The summed E-state index contributed by atoms with van der Waals surface area (Å²) < 4.78 is 0. The zero-order valence-corrected chi connectivity index (χ0v) is 11.0. The summed E-state index contributed by atoms with van der Waals surface area (Å²) >= 11 is 11.7. The van der Waals surface area contributed by atoms with Gasteiger partial charge in [0.25, 0.3) is 5.91 Å². The van der Waals surface area contributed by atoms with Crippen molar-refractivity contribution in [2.75, 3.05) is 6.54 Å². The Bertz CT molecular complexity index is 371. The van der Waals surface area contributed by atoms with Crippen molar-refractivity contribution in [2.45, 2.75) is 13.0 Å². The molecule has 0 unspecified atom stereocenters. The Morgan fingerprint density at radius 2 is 2.12 bits per heavy atom. The van der Waals surface area contributed by atoms with Crippen molar-refractivity contribution in [3.8, 4) is 0 Å². The van der Waals surface area contributed by atoms with Gasteiger partial charge in [-0.2, -0.15) is 0 Å². The van der Waals surface area contributed by atoms with E-state index in [0.717, 1.165) is 0 Å². The molecule has 90 valence electrons. The molecule has 1 amide bonds. The minimum Gasteiger partial charge on any atom is -0.348 e. The normalized spacial score (nSPS) is 11.5. The largest absolute Gasteiger partial charge is 0.348 e. The maximum absolute atomic E-state index is 11.7. The molecule has 0 aliphatic rings. The summed E-state index contributed by atoms with van der Waals surface area (Å²) in [4.78, 5) is 11.7. The molecule has 0 radical (unpaired) electrons. The first-order valence-corrected chi connectivity index (χ1v) is 5.26. The first kappa shape index (κ1) is 15.5. The third-order valence-corrected chi connectivity index (χ3v) is 2.75. The van der Waals surface area contributed by atoms with Crippen molar-refractivity contribution < 1.29 is 4.79 Å². The number of hydrogen-bond acceptors (Lipinski definition) is 2. The number of halogens is 3. The fourth-order valence-electron chi connectivity index (χ4n) is 1.04. The smallest absolute Gasteiger partial charge is 0.253 e. The van der Waals surface area contributed by atoms with Crippen LogP contribution in [0, 0.1) is 0 Å². The number of carbonyl (C=O) groups excluding carboxylic acids is 1. The lowest BCUT2D eigenvalue weighted by molar-refractivity contribution is 0.0941. The number of carbonyl (C=O) groups is 1. The Hall–Kier alpha value is -0.480. The molecule has 0 aromatic heterocycles. The fraction of sp³-hybridized carbons (Fsp3) is 0.300. The van der Waals surface area contributed by atoms with Gasteiger partial charge in [-0.05, 0) is 19.1 Å². The summed E-state index contributed by atoms with van der Waals surface area (Å²) in [5, 5.41) is 3.34. The predicted molar refractivity (Wildman–Crippen MR) is 69.7 cm³/mol. The number of nitrogens with one attached hydrogen (secondary N) is 1. The van der Waals surface area contributed by atoms with E-state index in [1.807, 2.05) is 6.92 Å². The lowest BCUT2D eigenvalue weighted by atomic mass is 10.2. The van der Waals surface area contributed by atoms with Gasteiger partial charge in [-0.3, -0.25) is 4.79 Å². The van der Waals surface area contributed by atoms with Crippen molar-refractivity contribution in [1.82, 2.24) is 5.32 Å². The molecule has 0 spiro atoms. The lowest BCUT2D eigenvalue weighted by Gasteiger charge is -2.12. The molecule has 1 atom stereocenters. The van der Waals surface area contributed by atoms with Gasteiger partial charge >= 0.3 is 0 Å². The van der Waals surface area contributed by atoms with Crippen LogP contribution >= 0.6 is 35.6 Å². The van der Waals surface area contributed by atoms with Crippen LogP contribution in [-0.4, -0.2) is 18.5 Å². The topological polar surface area (TPSA) is 55.1 Å². The monoisotopic (exact) mass is 282 g/mol. The molecule has 16 heavy (non-hydrogen) atoms. The van der Waals surface area contributed by atoms with Crippen LogP contribution in [0.1, 0.15) is 17.3 Å². The fourth-order valence-corrected chi connectivity index (χ4v) is 1.43. The average molecular weight is 284 g/mol. The predicted octanol–water partition coefficient (Wildman–Crippen LogP) is 2.49. The highest BCUT2D eigenvalue weighted by molar-refractivity contribution is 6.43. The summed E-state index contributed by atoms with van der Waals surface area (Å²) in [6, 6.07) is 4.84. The molecular weight excluding hydrogens is 270 g/mol. The van der Waals surface area contributed by atoms with Crippen LogP contribution < -0.4 is 11.1 Å². The van der Waals surface area contributed by atoms with Crippen molar-refractivity contribution in [3.63, 3.8) is 0 Å². The Labute approximate surface area is 111 Å². The van der Waals surface area contributed by atoms with E-state index >= 15 is 0 Å². The summed E-state index contributed by atoms with van der Waals surface area (Å²) in [5.74, 6) is -0.263. The van der Waals surface area contributed by atoms with Crippen molar-refractivity contribution in [3.05, 3.63) is 33.8 Å². The van der Waals surface area contributed by atoms with Gasteiger partial charge in [0.2, 0.25) is 0 Å². The molecular formula is C10H13Cl3N2O. The van der Waals surface area contributed by atoms with Crippen LogP contribution in [0.3, 0.4) is 0 Å². The first-order chi connectivity index (χ1) is 7.06. The second-order valence-electron chi connectivity index (χ2n) is 3.21. The molecule has 6 heteroatoms. The summed E-state index contributed by atoms with van der Waals surface area (Å²) in [6.45, 7) is 2.19. The van der Waals surface area contributed by atoms with Gasteiger partial charge in [-0.1, -0.05) is 29.3 Å². The highest BCUT2D eigenvalue weighted by Gasteiger charge is 2.13. The van der Waals surface area contributed by atoms with Crippen molar-refractivity contribution >= 4 is 41.5 Å². The lowest BCUT2D eigenvalue weighted by Crippen LogP contribution is -2.37. The number of amides is 1. The van der Waals surface area contributed by atoms with E-state index in [0.29, 0.717) is 17.1 Å². The van der Waals surface area contributed by atoms with Gasteiger partial charge in [-0.15, -0.1) is 12.4 Å². The molecule has 0 heterocycles. The SMILES string of the molecule is C[C@H](CN)NC(=O)c1cccc(Cl)c1Cl.Cl. The summed E-state index contributed by atoms with van der Waals surface area (Å²) in [7, 11) is 0. The number of hydrogen-bond donors (Lipinski definition) is 2. The highest BCUT2D eigenvalue weighted by atomic mass is 35.5. The summed E-state index contributed by atoms with van der Waals surface area (Å²) in [5.41, 5.74) is 5.76. The zero-order chi connectivity index (χ0) is 11.4. The van der Waals surface area contributed by atoms with Gasteiger partial charge in [0.05, 0.1) is 15.6 Å². The van der Waals surface area contributed by atoms with E-state index in [1.54, 1.807) is 18.2 Å². The molecule has 0 saturated carbocycles. The number of nitrogens with two attached hydrogens (primary N) is 1. The van der Waals surface area contributed by atoms with Crippen LogP contribution in [0.5, 0.6) is 0 Å². The van der Waals surface area contributed by atoms with E-state index in [1.165, 1.54) is 0 Å². The molecule has 3 nitrogen and oxygen atoms in total. The van der Waals surface area contributed by atoms with Crippen LogP contribution in [0.4, 0.5) is 0 Å². The van der Waals surface area contributed by atoms with Gasteiger partial charge < -0.3 is 11.1 Å². The second kappa shape index (κ2) is 6.97. The number of rotatable bonds is 3. The molecule has 0 aliphatic heterocycles. The molecule has 0 aliphatic carbocycles. The van der Waals surface area contributed by atoms with Crippen molar-refractivity contribution in [2.24, 2.45) is 5.73 Å². The van der Waals surface area contributed by atoms with E-state index in [-0.39, 0.29) is 29.4 Å². The summed E-state index contributed by atoms with van der Waals surface area (Å²) in [6.07, 6.45) is 0. The van der Waals surface area contributed by atoms with Gasteiger partial charge in [0, 0.05) is 12.6 Å². The van der Waals surface area contributed by atoms with Gasteiger partial charge in [0.1, 0.15) is 0 Å². The molecule has 0 fully saturated rings. The van der Waals surface area contributed by atoms with Gasteiger partial charge in [0.15, 0.2) is 0 Å². The van der Waals surface area contributed by atoms with Crippen LogP contribution in [0.15, 0.2) is 18.2 Å². The van der Waals surface area contributed by atoms with Gasteiger partial charge in [-0.25, -0.2) is 0 Å². The minimum absolute atomic E-state index is 0. The standard InChI is InChI=1S/C10H12Cl2N2O.ClH/c1-6(5-13)14-10(15)7-3-2-4-8(11)9(7)12;/h2-4,6H,5,13H2,1H3,(H,14,15);1H/t6-;/m1./s1. The van der Waals surface area contributed by atoms with Crippen LogP contribution in [-0.2, 0) is 0 Å². The molecule has 0 saturated heterocycles. The Kier molecular flexibility index (Phi) is 6.76. The zero-order valence-electron chi connectivity index (χ0n) is 8.67. The highest BCUT2D eigenvalue weighted by Crippen LogP contribution is 2.25. The Morgan fingerprint density at radius 3 is 2.69 bits per heavy atom. The van der Waals surface area contributed by atoms with E-state index in [4.69, 9.17) is 28.9 Å². The second-order valence-corrected chi connectivity index (χ2v) is 4.00. The molecule has 1 aromatic carbocycles. The maximum Gasteiger partial charge on any atom is 0.253 e.